The van der Waals surface area contributed by atoms with Crippen LogP contribution in [0.25, 0.3) is 0 Å². The Morgan fingerprint density at radius 1 is 1.26 bits per heavy atom. The predicted octanol–water partition coefficient (Wildman–Crippen LogP) is 0.846. The predicted molar refractivity (Wildman–Crippen MR) is 82.1 cm³/mol. The minimum absolute atomic E-state index is 0.0396. The number of carbonyl (C=O) groups excluding carboxylic acids is 2. The molecule has 1 aromatic rings. The third-order valence-corrected chi connectivity index (χ3v) is 3.85. The van der Waals surface area contributed by atoms with Crippen LogP contribution in [0.3, 0.4) is 0 Å². The van der Waals surface area contributed by atoms with Crippen LogP contribution >= 0.6 is 11.8 Å². The topological polar surface area (TPSA) is 144 Å². The summed E-state index contributed by atoms with van der Waals surface area (Å²) in [6.07, 6.45) is 0. The number of non-ortho nitro benzene ring substituents is 1. The molecule has 23 heavy (non-hydrogen) atoms. The molecule has 0 aromatic heterocycles. The van der Waals surface area contributed by atoms with E-state index in [4.69, 9.17) is 0 Å². The number of thioether (sulfide) groups is 1. The van der Waals surface area contributed by atoms with E-state index in [1.807, 2.05) is 0 Å². The summed E-state index contributed by atoms with van der Waals surface area (Å²) in [6, 6.07) is 2.37. The Labute approximate surface area is 134 Å². The van der Waals surface area contributed by atoms with Gasteiger partial charge in [0, 0.05) is 25.8 Å². The maximum Gasteiger partial charge on any atom is 0.289 e. The van der Waals surface area contributed by atoms with Crippen LogP contribution in [0.1, 0.15) is 6.92 Å². The molecule has 2 amide bonds. The lowest BCUT2D eigenvalue weighted by Gasteiger charge is -2.15. The van der Waals surface area contributed by atoms with Gasteiger partial charge in [-0.1, -0.05) is 0 Å². The summed E-state index contributed by atoms with van der Waals surface area (Å²) in [6.45, 7) is 1.24. The Kier molecular flexibility index (Phi) is 6.45. The lowest BCUT2D eigenvalue weighted by atomic mass is 10.3. The number of nitro groups is 2. The average molecular weight is 342 g/mol. The van der Waals surface area contributed by atoms with Crippen molar-refractivity contribution in [3.05, 3.63) is 38.4 Å². The Morgan fingerprint density at radius 3 is 2.39 bits per heavy atom. The molecule has 0 aliphatic heterocycles. The van der Waals surface area contributed by atoms with Gasteiger partial charge >= 0.3 is 0 Å². The largest absolute Gasteiger partial charge is 0.357 e. The summed E-state index contributed by atoms with van der Waals surface area (Å²) >= 11 is 0.950. The smallest absolute Gasteiger partial charge is 0.289 e. The number of rotatable bonds is 7. The van der Waals surface area contributed by atoms with Gasteiger partial charge in [-0.3, -0.25) is 29.8 Å². The molecule has 1 rings (SSSR count). The molecule has 0 unspecified atom stereocenters. The van der Waals surface area contributed by atoms with Gasteiger partial charge in [-0.2, -0.15) is 0 Å². The normalized spacial score (nSPS) is 11.4. The zero-order valence-electron chi connectivity index (χ0n) is 12.3. The molecule has 0 aliphatic rings. The Hall–Kier alpha value is -2.69. The number of nitro benzene ring substituents is 2. The van der Waals surface area contributed by atoms with Crippen molar-refractivity contribution in [2.24, 2.45) is 0 Å². The van der Waals surface area contributed by atoms with Gasteiger partial charge in [0.15, 0.2) is 0 Å². The highest BCUT2D eigenvalue weighted by atomic mass is 32.2. The maximum absolute atomic E-state index is 11.7. The Morgan fingerprint density at radius 2 is 1.91 bits per heavy atom. The number of benzene rings is 1. The second-order valence-electron chi connectivity index (χ2n) is 4.34. The second-order valence-corrected chi connectivity index (χ2v) is 5.41. The molecular weight excluding hydrogens is 328 g/mol. The SMILES string of the molecule is CNC(=O)[C@H](CSc1ccc([N+](=O)[O-])cc1[N+](=O)[O-])NC(C)=O. The van der Waals surface area contributed by atoms with Gasteiger partial charge in [0.25, 0.3) is 11.4 Å². The minimum atomic E-state index is -0.878. The summed E-state index contributed by atoms with van der Waals surface area (Å²) in [4.78, 5) is 43.2. The van der Waals surface area contributed by atoms with Crippen molar-refractivity contribution >= 4 is 35.0 Å². The number of nitrogens with zero attached hydrogens (tertiary/aromatic N) is 2. The number of hydrogen-bond acceptors (Lipinski definition) is 7. The number of hydrogen-bond donors (Lipinski definition) is 2. The van der Waals surface area contributed by atoms with Gasteiger partial charge in [0.05, 0.1) is 20.8 Å². The Balaban J connectivity index is 2.98. The number of nitrogens with one attached hydrogen (secondary N) is 2. The van der Waals surface area contributed by atoms with Gasteiger partial charge in [-0.25, -0.2) is 0 Å². The monoisotopic (exact) mass is 342 g/mol. The van der Waals surface area contributed by atoms with Crippen molar-refractivity contribution in [2.45, 2.75) is 17.9 Å². The third-order valence-electron chi connectivity index (χ3n) is 2.70. The molecule has 0 heterocycles. The number of amides is 2. The van der Waals surface area contributed by atoms with Crippen LogP contribution in [0.5, 0.6) is 0 Å². The van der Waals surface area contributed by atoms with Gasteiger partial charge in [-0.15, -0.1) is 11.8 Å². The van der Waals surface area contributed by atoms with E-state index in [-0.39, 0.29) is 10.6 Å². The van der Waals surface area contributed by atoms with E-state index in [9.17, 15) is 29.8 Å². The summed E-state index contributed by atoms with van der Waals surface area (Å²) in [5.74, 6) is -0.826. The van der Waals surface area contributed by atoms with E-state index in [0.717, 1.165) is 23.9 Å². The van der Waals surface area contributed by atoms with E-state index in [1.165, 1.54) is 20.0 Å². The van der Waals surface area contributed by atoms with Crippen molar-refractivity contribution in [3.63, 3.8) is 0 Å². The summed E-state index contributed by atoms with van der Waals surface area (Å²) < 4.78 is 0. The second kappa shape index (κ2) is 8.08. The average Bonchev–Trinajstić information content (AvgIpc) is 2.49. The Bertz CT molecular complexity index is 650. The quantitative estimate of drug-likeness (QED) is 0.424. The molecule has 10 nitrogen and oxygen atoms in total. The lowest BCUT2D eigenvalue weighted by molar-refractivity contribution is -0.396. The number of carbonyl (C=O) groups is 2. The molecule has 2 N–H and O–H groups in total. The summed E-state index contributed by atoms with van der Waals surface area (Å²) in [5, 5.41) is 26.5. The van der Waals surface area contributed by atoms with E-state index in [0.29, 0.717) is 0 Å². The molecule has 0 saturated carbocycles. The van der Waals surface area contributed by atoms with Crippen LogP contribution in [-0.4, -0.2) is 40.5 Å². The van der Waals surface area contributed by atoms with Gasteiger partial charge in [-0.05, 0) is 6.07 Å². The van der Waals surface area contributed by atoms with Crippen molar-refractivity contribution in [3.8, 4) is 0 Å². The zero-order valence-corrected chi connectivity index (χ0v) is 13.1. The highest BCUT2D eigenvalue weighted by Gasteiger charge is 2.23. The van der Waals surface area contributed by atoms with Gasteiger partial charge in [0.2, 0.25) is 11.8 Å². The van der Waals surface area contributed by atoms with E-state index < -0.39 is 39.1 Å². The van der Waals surface area contributed by atoms with Gasteiger partial charge < -0.3 is 10.6 Å². The van der Waals surface area contributed by atoms with E-state index >= 15 is 0 Å². The molecule has 11 heteroatoms. The first-order valence-corrected chi connectivity index (χ1v) is 7.29. The highest BCUT2D eigenvalue weighted by molar-refractivity contribution is 7.99. The minimum Gasteiger partial charge on any atom is -0.357 e. The highest BCUT2D eigenvalue weighted by Crippen LogP contribution is 2.32. The van der Waals surface area contributed by atoms with E-state index in [2.05, 4.69) is 10.6 Å². The molecular formula is C12H14N4O6S. The van der Waals surface area contributed by atoms with Crippen LogP contribution in [0, 0.1) is 20.2 Å². The van der Waals surface area contributed by atoms with Crippen LogP contribution < -0.4 is 10.6 Å². The molecule has 0 radical (unpaired) electrons. The zero-order chi connectivity index (χ0) is 17.6. The first-order valence-electron chi connectivity index (χ1n) is 6.30. The molecule has 124 valence electrons. The van der Waals surface area contributed by atoms with E-state index in [1.54, 1.807) is 0 Å². The summed E-state index contributed by atoms with van der Waals surface area (Å²) in [7, 11) is 1.40. The van der Waals surface area contributed by atoms with Crippen molar-refractivity contribution in [1.29, 1.82) is 0 Å². The van der Waals surface area contributed by atoms with Crippen LogP contribution in [-0.2, 0) is 9.59 Å². The van der Waals surface area contributed by atoms with Crippen molar-refractivity contribution < 1.29 is 19.4 Å². The molecule has 0 spiro atoms. The fourth-order valence-electron chi connectivity index (χ4n) is 1.66. The van der Waals surface area contributed by atoms with Crippen LogP contribution in [0.15, 0.2) is 23.1 Å². The lowest BCUT2D eigenvalue weighted by Crippen LogP contribution is -2.46. The first-order chi connectivity index (χ1) is 10.8. The molecule has 0 saturated heterocycles. The van der Waals surface area contributed by atoms with Crippen LogP contribution in [0.2, 0.25) is 0 Å². The van der Waals surface area contributed by atoms with Crippen molar-refractivity contribution in [1.82, 2.24) is 10.6 Å². The first kappa shape index (κ1) is 18.4. The molecule has 0 fully saturated rings. The maximum atomic E-state index is 11.7. The fraction of sp³-hybridized carbons (Fsp3) is 0.333. The standard InChI is InChI=1S/C12H14N4O6S/c1-7(17)14-9(12(18)13-2)6-23-11-4-3-8(15(19)20)5-10(11)16(21)22/h3-5,9H,6H2,1-2H3,(H,13,18)(H,14,17)/t9-/m0/s1. The molecule has 0 aliphatic carbocycles. The molecule has 1 atom stereocenters. The molecule has 1 aromatic carbocycles. The fourth-order valence-corrected chi connectivity index (χ4v) is 2.69. The van der Waals surface area contributed by atoms with Crippen LogP contribution in [0.4, 0.5) is 11.4 Å². The molecule has 0 bridgehead atoms. The van der Waals surface area contributed by atoms with Crippen molar-refractivity contribution in [2.75, 3.05) is 12.8 Å². The van der Waals surface area contributed by atoms with Gasteiger partial charge in [0.1, 0.15) is 6.04 Å². The number of likely N-dealkylation sites (N-methyl/N-ethyl adjacent to an activating group) is 1. The summed E-state index contributed by atoms with van der Waals surface area (Å²) in [5.41, 5.74) is -0.826. The third kappa shape index (κ3) is 5.21.